The number of nitrogens with zero attached hydrogens (tertiary/aromatic N) is 1. The summed E-state index contributed by atoms with van der Waals surface area (Å²) < 4.78 is 5.43. The maximum Gasteiger partial charge on any atom is 0.410 e. The summed E-state index contributed by atoms with van der Waals surface area (Å²) in [5, 5.41) is 10.0. The molecule has 1 aliphatic rings. The fourth-order valence-electron chi connectivity index (χ4n) is 3.44. The molecule has 2 unspecified atom stereocenters. The molecular formula is C19H28N2O4. The molecule has 1 amide bonds. The summed E-state index contributed by atoms with van der Waals surface area (Å²) in [4.78, 5) is 26.2. The Morgan fingerprint density at radius 2 is 1.96 bits per heavy atom. The van der Waals surface area contributed by atoms with E-state index < -0.39 is 23.1 Å². The minimum absolute atomic E-state index is 0.105. The fraction of sp³-hybridized carbons (Fsp3) is 0.579. The molecule has 138 valence electrons. The third-order valence-corrected chi connectivity index (χ3v) is 4.73. The van der Waals surface area contributed by atoms with Gasteiger partial charge in [0.2, 0.25) is 0 Å². The number of rotatable bonds is 4. The van der Waals surface area contributed by atoms with Crippen LogP contribution in [0, 0.1) is 11.3 Å². The molecule has 2 rings (SSSR count). The minimum atomic E-state index is -1.11. The number of carbonyl (C=O) groups excluding carboxylic acids is 1. The Hall–Kier alpha value is -2.08. The lowest BCUT2D eigenvalue weighted by molar-refractivity contribution is -0.156. The molecule has 6 nitrogen and oxygen atoms in total. The van der Waals surface area contributed by atoms with Gasteiger partial charge < -0.3 is 20.5 Å². The highest BCUT2D eigenvalue weighted by atomic mass is 16.6. The highest BCUT2D eigenvalue weighted by molar-refractivity contribution is 5.78. The van der Waals surface area contributed by atoms with Gasteiger partial charge in [-0.05, 0) is 51.6 Å². The van der Waals surface area contributed by atoms with E-state index in [0.717, 1.165) is 5.56 Å². The van der Waals surface area contributed by atoms with Crippen LogP contribution in [-0.2, 0) is 16.0 Å². The summed E-state index contributed by atoms with van der Waals surface area (Å²) >= 11 is 0. The average Bonchev–Trinajstić information content (AvgIpc) is 2.54. The van der Waals surface area contributed by atoms with Gasteiger partial charge in [-0.3, -0.25) is 4.79 Å². The lowest BCUT2D eigenvalue weighted by Gasteiger charge is -2.45. The number of piperidine rings is 1. The van der Waals surface area contributed by atoms with E-state index in [4.69, 9.17) is 10.5 Å². The van der Waals surface area contributed by atoms with Crippen LogP contribution in [0.15, 0.2) is 30.3 Å². The van der Waals surface area contributed by atoms with Crippen LogP contribution in [0.4, 0.5) is 4.79 Å². The molecule has 0 spiro atoms. The third kappa shape index (κ3) is 4.51. The van der Waals surface area contributed by atoms with Crippen molar-refractivity contribution in [1.82, 2.24) is 4.90 Å². The van der Waals surface area contributed by atoms with Gasteiger partial charge in [0.25, 0.3) is 0 Å². The zero-order valence-corrected chi connectivity index (χ0v) is 15.2. The molecule has 1 aromatic rings. The van der Waals surface area contributed by atoms with Crippen LogP contribution >= 0.6 is 0 Å². The van der Waals surface area contributed by atoms with Gasteiger partial charge in [0, 0.05) is 13.1 Å². The third-order valence-electron chi connectivity index (χ3n) is 4.73. The van der Waals surface area contributed by atoms with E-state index in [-0.39, 0.29) is 19.0 Å². The number of hydrogen-bond acceptors (Lipinski definition) is 4. The number of likely N-dealkylation sites (tertiary alicyclic amines) is 1. The van der Waals surface area contributed by atoms with Crippen LogP contribution in [0.2, 0.25) is 0 Å². The Morgan fingerprint density at radius 1 is 1.32 bits per heavy atom. The normalized spacial score (nSPS) is 24.0. The van der Waals surface area contributed by atoms with Gasteiger partial charge >= 0.3 is 12.1 Å². The zero-order valence-electron chi connectivity index (χ0n) is 15.2. The largest absolute Gasteiger partial charge is 0.481 e. The molecule has 0 radical (unpaired) electrons. The maximum atomic E-state index is 12.5. The highest BCUT2D eigenvalue weighted by Crippen LogP contribution is 2.39. The lowest BCUT2D eigenvalue weighted by Crippen LogP contribution is -2.58. The molecule has 6 heteroatoms. The smallest absolute Gasteiger partial charge is 0.410 e. The molecule has 0 aromatic heterocycles. The summed E-state index contributed by atoms with van der Waals surface area (Å²) in [6.45, 7) is 6.24. The van der Waals surface area contributed by atoms with Crippen molar-refractivity contribution in [2.45, 2.75) is 39.2 Å². The first-order valence-corrected chi connectivity index (χ1v) is 8.63. The van der Waals surface area contributed by atoms with Crippen molar-refractivity contribution in [3.05, 3.63) is 35.9 Å². The SMILES string of the molecule is CC(C)(C)OC(=O)N1CCC(CN)C(Cc2ccccc2)(C(=O)O)C1. The second-order valence-electron chi connectivity index (χ2n) is 7.75. The van der Waals surface area contributed by atoms with Gasteiger partial charge in [0.15, 0.2) is 0 Å². The van der Waals surface area contributed by atoms with Gasteiger partial charge in [0.1, 0.15) is 5.60 Å². The predicted octanol–water partition coefficient (Wildman–Crippen LogP) is 2.52. The molecule has 1 saturated heterocycles. The maximum absolute atomic E-state index is 12.5. The van der Waals surface area contributed by atoms with Crippen molar-refractivity contribution in [3.8, 4) is 0 Å². The topological polar surface area (TPSA) is 92.9 Å². The van der Waals surface area contributed by atoms with Crippen LogP contribution < -0.4 is 5.73 Å². The Bertz CT molecular complexity index is 612. The molecule has 1 fully saturated rings. The van der Waals surface area contributed by atoms with Gasteiger partial charge in [-0.1, -0.05) is 30.3 Å². The zero-order chi connectivity index (χ0) is 18.7. The Kier molecular flexibility index (Phi) is 5.72. The van der Waals surface area contributed by atoms with E-state index in [1.807, 2.05) is 30.3 Å². The van der Waals surface area contributed by atoms with Crippen LogP contribution in [0.25, 0.3) is 0 Å². The highest BCUT2D eigenvalue weighted by Gasteiger charge is 2.50. The molecule has 0 aliphatic carbocycles. The van der Waals surface area contributed by atoms with Crippen LogP contribution in [0.1, 0.15) is 32.8 Å². The lowest BCUT2D eigenvalue weighted by atomic mass is 9.67. The Morgan fingerprint density at radius 3 is 2.48 bits per heavy atom. The number of hydrogen-bond donors (Lipinski definition) is 2. The molecule has 2 atom stereocenters. The first-order valence-electron chi connectivity index (χ1n) is 8.63. The molecular weight excluding hydrogens is 320 g/mol. The first-order chi connectivity index (χ1) is 11.7. The van der Waals surface area contributed by atoms with Crippen molar-refractivity contribution in [3.63, 3.8) is 0 Å². The molecule has 3 N–H and O–H groups in total. The van der Waals surface area contributed by atoms with E-state index in [1.165, 1.54) is 4.90 Å². The van der Waals surface area contributed by atoms with Gasteiger partial charge in [-0.2, -0.15) is 0 Å². The fourth-order valence-corrected chi connectivity index (χ4v) is 3.44. The molecule has 0 bridgehead atoms. The van der Waals surface area contributed by atoms with E-state index in [1.54, 1.807) is 20.8 Å². The average molecular weight is 348 g/mol. The number of carbonyl (C=O) groups is 2. The number of ether oxygens (including phenoxy) is 1. The van der Waals surface area contributed by atoms with Crippen molar-refractivity contribution in [2.75, 3.05) is 19.6 Å². The summed E-state index contributed by atoms with van der Waals surface area (Å²) in [6, 6.07) is 9.48. The molecule has 0 saturated carbocycles. The number of carboxylic acids is 1. The van der Waals surface area contributed by atoms with Crippen LogP contribution in [0.5, 0.6) is 0 Å². The predicted molar refractivity (Wildman–Crippen MR) is 95.2 cm³/mol. The number of amides is 1. The molecule has 1 aromatic carbocycles. The minimum Gasteiger partial charge on any atom is -0.481 e. The van der Waals surface area contributed by atoms with Crippen LogP contribution in [-0.4, -0.2) is 47.3 Å². The standard InChI is InChI=1S/C19H28N2O4/c1-18(2,3)25-17(24)21-10-9-15(12-20)19(13-21,16(22)23)11-14-7-5-4-6-8-14/h4-8,15H,9-13,20H2,1-3H3,(H,22,23). The van der Waals surface area contributed by atoms with Crippen molar-refractivity contribution in [2.24, 2.45) is 17.1 Å². The molecule has 1 aliphatic heterocycles. The van der Waals surface area contributed by atoms with E-state index in [0.29, 0.717) is 19.4 Å². The van der Waals surface area contributed by atoms with Crippen molar-refractivity contribution < 1.29 is 19.4 Å². The number of aliphatic carboxylic acids is 1. The van der Waals surface area contributed by atoms with E-state index in [2.05, 4.69) is 0 Å². The summed E-state index contributed by atoms with van der Waals surface area (Å²) in [6.07, 6.45) is 0.417. The second kappa shape index (κ2) is 7.44. The summed E-state index contributed by atoms with van der Waals surface area (Å²) in [5.74, 6) is -1.11. The number of carboxylic acid groups (broad SMARTS) is 1. The van der Waals surface area contributed by atoms with Gasteiger partial charge in [0.05, 0.1) is 5.41 Å². The number of benzene rings is 1. The molecule has 1 heterocycles. The Balaban J connectivity index is 2.29. The number of nitrogens with two attached hydrogens (primary N) is 1. The monoisotopic (exact) mass is 348 g/mol. The van der Waals surface area contributed by atoms with Crippen LogP contribution in [0.3, 0.4) is 0 Å². The van der Waals surface area contributed by atoms with Crippen molar-refractivity contribution in [1.29, 1.82) is 0 Å². The summed E-state index contributed by atoms with van der Waals surface area (Å²) in [5.41, 5.74) is 5.10. The van der Waals surface area contributed by atoms with E-state index >= 15 is 0 Å². The van der Waals surface area contributed by atoms with Gasteiger partial charge in [-0.25, -0.2) is 4.79 Å². The molecule has 25 heavy (non-hydrogen) atoms. The Labute approximate surface area is 149 Å². The summed E-state index contributed by atoms with van der Waals surface area (Å²) in [7, 11) is 0. The van der Waals surface area contributed by atoms with Crippen molar-refractivity contribution >= 4 is 12.1 Å². The van der Waals surface area contributed by atoms with Gasteiger partial charge in [-0.15, -0.1) is 0 Å². The second-order valence-corrected chi connectivity index (χ2v) is 7.75. The van der Waals surface area contributed by atoms with E-state index in [9.17, 15) is 14.7 Å². The first kappa shape index (κ1) is 19.2. The quantitative estimate of drug-likeness (QED) is 0.872.